The third kappa shape index (κ3) is 4.45. The Morgan fingerprint density at radius 3 is 2.56 bits per heavy atom. The standard InChI is InChI=1S/C19H21FN2O2S/c1-25-18-9-5-3-7-16(18)21-19(23)22-12-10-14(11-13-22)24-17-8-4-2-6-15(17)20/h2-9,14H,10-13H2,1H3,(H,21,23). The fraction of sp³-hybridized carbons (Fsp3) is 0.316. The summed E-state index contributed by atoms with van der Waals surface area (Å²) in [5, 5.41) is 2.97. The number of hydrogen-bond donors (Lipinski definition) is 1. The number of ether oxygens (including phenoxy) is 1. The summed E-state index contributed by atoms with van der Waals surface area (Å²) in [6.45, 7) is 1.18. The predicted molar refractivity (Wildman–Crippen MR) is 98.9 cm³/mol. The number of thioether (sulfide) groups is 1. The Morgan fingerprint density at radius 1 is 1.16 bits per heavy atom. The number of benzene rings is 2. The van der Waals surface area contributed by atoms with Gasteiger partial charge in [0.15, 0.2) is 11.6 Å². The number of hydrogen-bond acceptors (Lipinski definition) is 3. The molecule has 6 heteroatoms. The number of anilines is 1. The average molecular weight is 360 g/mol. The Morgan fingerprint density at radius 2 is 1.84 bits per heavy atom. The number of likely N-dealkylation sites (tertiary alicyclic amines) is 1. The lowest BCUT2D eigenvalue weighted by molar-refractivity contribution is 0.112. The third-order valence-corrected chi connectivity index (χ3v) is 5.00. The lowest BCUT2D eigenvalue weighted by Gasteiger charge is -2.32. The van der Waals surface area contributed by atoms with Gasteiger partial charge in [0.1, 0.15) is 6.10 Å². The molecule has 0 aliphatic carbocycles. The van der Waals surface area contributed by atoms with Crippen molar-refractivity contribution in [2.24, 2.45) is 0 Å². The van der Waals surface area contributed by atoms with Crippen LogP contribution in [0.2, 0.25) is 0 Å². The lowest BCUT2D eigenvalue weighted by atomic mass is 10.1. The quantitative estimate of drug-likeness (QED) is 0.809. The third-order valence-electron chi connectivity index (χ3n) is 4.21. The normalized spacial score (nSPS) is 15.0. The first-order valence-electron chi connectivity index (χ1n) is 8.27. The molecule has 0 aromatic heterocycles. The maximum Gasteiger partial charge on any atom is 0.321 e. The van der Waals surface area contributed by atoms with Gasteiger partial charge in [0.05, 0.1) is 5.69 Å². The first-order chi connectivity index (χ1) is 12.2. The molecule has 1 N–H and O–H groups in total. The van der Waals surface area contributed by atoms with E-state index in [1.54, 1.807) is 34.9 Å². The summed E-state index contributed by atoms with van der Waals surface area (Å²) in [6.07, 6.45) is 3.29. The van der Waals surface area contributed by atoms with Crippen molar-refractivity contribution in [3.63, 3.8) is 0 Å². The van der Waals surface area contributed by atoms with E-state index >= 15 is 0 Å². The summed E-state index contributed by atoms with van der Waals surface area (Å²) in [5.74, 6) is -0.0735. The second-order valence-corrected chi connectivity index (χ2v) is 6.71. The molecule has 1 aliphatic heterocycles. The summed E-state index contributed by atoms with van der Waals surface area (Å²) in [5.41, 5.74) is 0.824. The molecule has 132 valence electrons. The minimum absolute atomic E-state index is 0.0700. The molecule has 1 fully saturated rings. The molecule has 2 amide bonds. The minimum Gasteiger partial charge on any atom is -0.487 e. The molecule has 1 saturated heterocycles. The SMILES string of the molecule is CSc1ccccc1NC(=O)N1CCC(Oc2ccccc2F)CC1. The van der Waals surface area contributed by atoms with Gasteiger partial charge in [-0.05, 0) is 30.5 Å². The Labute approximate surface area is 151 Å². The molecule has 2 aromatic rings. The molecule has 1 aliphatic rings. The summed E-state index contributed by atoms with van der Waals surface area (Å²) in [7, 11) is 0. The van der Waals surface area contributed by atoms with Gasteiger partial charge in [-0.25, -0.2) is 9.18 Å². The van der Waals surface area contributed by atoms with Crippen LogP contribution in [0.5, 0.6) is 5.75 Å². The van der Waals surface area contributed by atoms with Gasteiger partial charge in [0, 0.05) is 30.8 Å². The summed E-state index contributed by atoms with van der Waals surface area (Å²) < 4.78 is 19.4. The fourth-order valence-corrected chi connectivity index (χ4v) is 3.39. The number of carbonyl (C=O) groups is 1. The maximum absolute atomic E-state index is 13.7. The summed E-state index contributed by atoms with van der Waals surface area (Å²) in [6, 6.07) is 14.1. The van der Waals surface area contributed by atoms with Gasteiger partial charge in [0.25, 0.3) is 0 Å². The van der Waals surface area contributed by atoms with Crippen LogP contribution in [0.25, 0.3) is 0 Å². The van der Waals surface area contributed by atoms with E-state index in [-0.39, 0.29) is 23.7 Å². The number of piperidine rings is 1. The molecule has 0 atom stereocenters. The Balaban J connectivity index is 1.53. The minimum atomic E-state index is -0.351. The van der Waals surface area contributed by atoms with Crippen LogP contribution in [0, 0.1) is 5.82 Å². The number of carbonyl (C=O) groups excluding carboxylic acids is 1. The van der Waals surface area contributed by atoms with Crippen LogP contribution in [0.3, 0.4) is 0 Å². The van der Waals surface area contributed by atoms with Crippen LogP contribution in [-0.2, 0) is 0 Å². The Bertz CT molecular complexity index is 733. The van der Waals surface area contributed by atoms with Gasteiger partial charge in [-0.3, -0.25) is 0 Å². The highest BCUT2D eigenvalue weighted by molar-refractivity contribution is 7.98. The largest absolute Gasteiger partial charge is 0.487 e. The molecule has 25 heavy (non-hydrogen) atoms. The smallest absolute Gasteiger partial charge is 0.321 e. The molecular formula is C19H21FN2O2S. The number of amides is 2. The van der Waals surface area contributed by atoms with Crippen molar-refractivity contribution in [1.82, 2.24) is 4.90 Å². The maximum atomic E-state index is 13.7. The highest BCUT2D eigenvalue weighted by atomic mass is 32.2. The summed E-state index contributed by atoms with van der Waals surface area (Å²) in [4.78, 5) is 15.3. The second-order valence-electron chi connectivity index (χ2n) is 5.87. The summed E-state index contributed by atoms with van der Waals surface area (Å²) >= 11 is 1.60. The monoisotopic (exact) mass is 360 g/mol. The molecule has 1 heterocycles. The topological polar surface area (TPSA) is 41.6 Å². The van der Waals surface area contributed by atoms with E-state index in [0.717, 1.165) is 10.6 Å². The van der Waals surface area contributed by atoms with Gasteiger partial charge >= 0.3 is 6.03 Å². The molecule has 3 rings (SSSR count). The van der Waals surface area contributed by atoms with E-state index in [9.17, 15) is 9.18 Å². The first-order valence-corrected chi connectivity index (χ1v) is 9.50. The van der Waals surface area contributed by atoms with Crippen molar-refractivity contribution < 1.29 is 13.9 Å². The van der Waals surface area contributed by atoms with E-state index < -0.39 is 0 Å². The average Bonchev–Trinajstić information content (AvgIpc) is 2.64. The first kappa shape index (κ1) is 17.6. The van der Waals surface area contributed by atoms with Crippen molar-refractivity contribution in [1.29, 1.82) is 0 Å². The van der Waals surface area contributed by atoms with Gasteiger partial charge in [-0.15, -0.1) is 11.8 Å². The highest BCUT2D eigenvalue weighted by Gasteiger charge is 2.24. The zero-order chi connectivity index (χ0) is 17.6. The molecule has 4 nitrogen and oxygen atoms in total. The van der Waals surface area contributed by atoms with E-state index in [2.05, 4.69) is 5.32 Å². The van der Waals surface area contributed by atoms with Crippen molar-refractivity contribution in [3.8, 4) is 5.75 Å². The molecule has 2 aromatic carbocycles. The van der Waals surface area contributed by atoms with Crippen LogP contribution in [0.1, 0.15) is 12.8 Å². The van der Waals surface area contributed by atoms with Gasteiger partial charge in [-0.1, -0.05) is 24.3 Å². The van der Waals surface area contributed by atoms with Gasteiger partial charge in [-0.2, -0.15) is 0 Å². The van der Waals surface area contributed by atoms with Crippen LogP contribution in [0.4, 0.5) is 14.9 Å². The van der Waals surface area contributed by atoms with Gasteiger partial charge in [0.2, 0.25) is 0 Å². The zero-order valence-corrected chi connectivity index (χ0v) is 14.9. The number of urea groups is 1. The van der Waals surface area contributed by atoms with Crippen molar-refractivity contribution >= 4 is 23.5 Å². The van der Waals surface area contributed by atoms with E-state index in [0.29, 0.717) is 25.9 Å². The number of halogens is 1. The molecule has 0 bridgehead atoms. The van der Waals surface area contributed by atoms with E-state index in [1.807, 2.05) is 30.5 Å². The Kier molecular flexibility index (Phi) is 5.81. The molecule has 0 saturated carbocycles. The molecule has 0 unspecified atom stereocenters. The second kappa shape index (κ2) is 8.25. The van der Waals surface area contributed by atoms with Crippen LogP contribution >= 0.6 is 11.8 Å². The molecule has 0 spiro atoms. The molecular weight excluding hydrogens is 339 g/mol. The van der Waals surface area contributed by atoms with E-state index in [4.69, 9.17) is 4.74 Å². The van der Waals surface area contributed by atoms with Crippen LogP contribution in [0.15, 0.2) is 53.4 Å². The number of rotatable bonds is 4. The van der Waals surface area contributed by atoms with Gasteiger partial charge < -0.3 is 15.0 Å². The number of nitrogens with one attached hydrogen (secondary N) is 1. The number of nitrogens with zero attached hydrogens (tertiary/aromatic N) is 1. The molecule has 0 radical (unpaired) electrons. The van der Waals surface area contributed by atoms with Crippen LogP contribution in [-0.4, -0.2) is 36.4 Å². The van der Waals surface area contributed by atoms with Crippen molar-refractivity contribution in [3.05, 3.63) is 54.3 Å². The van der Waals surface area contributed by atoms with Crippen molar-refractivity contribution in [2.75, 3.05) is 24.7 Å². The highest BCUT2D eigenvalue weighted by Crippen LogP contribution is 2.26. The lowest BCUT2D eigenvalue weighted by Crippen LogP contribution is -2.43. The Hall–Kier alpha value is -2.21. The fourth-order valence-electron chi connectivity index (χ4n) is 2.84. The number of para-hydroxylation sites is 2. The zero-order valence-electron chi connectivity index (χ0n) is 14.1. The predicted octanol–water partition coefficient (Wildman–Crippen LogP) is 4.62. The van der Waals surface area contributed by atoms with Crippen LogP contribution < -0.4 is 10.1 Å². The van der Waals surface area contributed by atoms with E-state index in [1.165, 1.54) is 6.07 Å². The van der Waals surface area contributed by atoms with Crippen molar-refractivity contribution in [2.45, 2.75) is 23.8 Å².